The van der Waals surface area contributed by atoms with Crippen molar-refractivity contribution in [3.05, 3.63) is 95.8 Å². The summed E-state index contributed by atoms with van der Waals surface area (Å²) in [5, 5.41) is 15.4. The van der Waals surface area contributed by atoms with Gasteiger partial charge >= 0.3 is 0 Å². The predicted octanol–water partition coefficient (Wildman–Crippen LogP) is 4.26. The highest BCUT2D eigenvalue weighted by molar-refractivity contribution is 5.86. The van der Waals surface area contributed by atoms with Gasteiger partial charge in [-0.1, -0.05) is 42.5 Å². The van der Waals surface area contributed by atoms with Gasteiger partial charge in [-0.25, -0.2) is 4.98 Å². The van der Waals surface area contributed by atoms with Gasteiger partial charge in [-0.15, -0.1) is 0 Å². The van der Waals surface area contributed by atoms with E-state index in [4.69, 9.17) is 0 Å². The van der Waals surface area contributed by atoms with E-state index in [1.165, 1.54) is 0 Å². The number of aromatic amines is 1. The summed E-state index contributed by atoms with van der Waals surface area (Å²) in [7, 11) is 0. The Bertz CT molecular complexity index is 1050. The molecule has 0 aliphatic carbocycles. The summed E-state index contributed by atoms with van der Waals surface area (Å²) >= 11 is 0. The molecule has 3 N–H and O–H groups in total. The van der Waals surface area contributed by atoms with E-state index in [1.807, 2.05) is 60.8 Å². The van der Waals surface area contributed by atoms with Crippen molar-refractivity contribution in [3.8, 4) is 5.75 Å². The number of H-pyrrole nitrogens is 1. The van der Waals surface area contributed by atoms with E-state index in [0.717, 1.165) is 27.9 Å². The predicted molar refractivity (Wildman–Crippen MR) is 103 cm³/mol. The molecule has 0 bridgehead atoms. The van der Waals surface area contributed by atoms with Gasteiger partial charge in [-0.2, -0.15) is 0 Å². The van der Waals surface area contributed by atoms with E-state index in [0.29, 0.717) is 5.52 Å². The van der Waals surface area contributed by atoms with Crippen molar-refractivity contribution in [2.75, 3.05) is 5.32 Å². The number of phenols is 1. The molecule has 2 heterocycles. The van der Waals surface area contributed by atoms with Crippen LogP contribution < -0.4 is 10.3 Å². The largest absolute Gasteiger partial charge is 0.505 e. The smallest absolute Gasteiger partial charge is 0.272 e. The van der Waals surface area contributed by atoms with E-state index in [2.05, 4.69) is 34.3 Å². The Morgan fingerprint density at radius 1 is 0.923 bits per heavy atom. The molecule has 0 unspecified atom stereocenters. The lowest BCUT2D eigenvalue weighted by Gasteiger charge is -2.19. The van der Waals surface area contributed by atoms with Gasteiger partial charge in [0.05, 0.1) is 6.20 Å². The van der Waals surface area contributed by atoms with Crippen LogP contribution in [-0.2, 0) is 0 Å². The molecule has 4 rings (SSSR count). The van der Waals surface area contributed by atoms with Crippen LogP contribution in [0.15, 0.2) is 79.1 Å². The number of anilines is 1. The summed E-state index contributed by atoms with van der Waals surface area (Å²) in [6, 6.07) is 21.7. The van der Waals surface area contributed by atoms with Crippen LogP contribution in [0.3, 0.4) is 0 Å². The molecule has 0 saturated carbocycles. The van der Waals surface area contributed by atoms with Crippen LogP contribution in [0.5, 0.6) is 5.75 Å². The van der Waals surface area contributed by atoms with Gasteiger partial charge < -0.3 is 5.11 Å². The third-order valence-corrected chi connectivity index (χ3v) is 4.60. The van der Waals surface area contributed by atoms with Crippen LogP contribution in [0.25, 0.3) is 10.9 Å². The lowest BCUT2D eigenvalue weighted by molar-refractivity contribution is -0.361. The molecule has 0 fully saturated rings. The van der Waals surface area contributed by atoms with Crippen LogP contribution in [0.1, 0.15) is 22.7 Å². The van der Waals surface area contributed by atoms with Crippen molar-refractivity contribution in [2.45, 2.75) is 13.0 Å². The highest BCUT2D eigenvalue weighted by Crippen LogP contribution is 2.36. The molecule has 2 aromatic carbocycles. The Morgan fingerprint density at radius 3 is 2.58 bits per heavy atom. The number of benzene rings is 2. The number of aromatic hydroxyl groups is 1. The second kappa shape index (κ2) is 6.84. The van der Waals surface area contributed by atoms with Gasteiger partial charge in [0.1, 0.15) is 17.3 Å². The molecule has 2 aromatic heterocycles. The van der Waals surface area contributed by atoms with Crippen LogP contribution in [0, 0.1) is 6.92 Å². The zero-order valence-electron chi connectivity index (χ0n) is 14.5. The summed E-state index contributed by atoms with van der Waals surface area (Å²) < 4.78 is 0. The van der Waals surface area contributed by atoms with E-state index in [-0.39, 0.29) is 11.8 Å². The molecule has 128 valence electrons. The molecule has 4 heteroatoms. The molecule has 0 aliphatic rings. The van der Waals surface area contributed by atoms with E-state index in [9.17, 15) is 5.11 Å². The van der Waals surface area contributed by atoms with Crippen molar-refractivity contribution in [2.24, 2.45) is 0 Å². The number of aromatic nitrogens is 2. The van der Waals surface area contributed by atoms with Crippen molar-refractivity contribution in [1.82, 2.24) is 4.98 Å². The third kappa shape index (κ3) is 2.97. The van der Waals surface area contributed by atoms with E-state index < -0.39 is 0 Å². The molecule has 0 saturated heterocycles. The van der Waals surface area contributed by atoms with E-state index in [1.54, 1.807) is 6.20 Å². The number of phenolic OH excluding ortho intramolecular Hbond substituents is 1. The fourth-order valence-electron chi connectivity index (χ4n) is 3.25. The summed E-state index contributed by atoms with van der Waals surface area (Å²) in [5.41, 5.74) is 3.67. The van der Waals surface area contributed by atoms with Crippen molar-refractivity contribution < 1.29 is 10.1 Å². The summed E-state index contributed by atoms with van der Waals surface area (Å²) in [5.74, 6) is 1.08. The van der Waals surface area contributed by atoms with Crippen LogP contribution >= 0.6 is 0 Å². The van der Waals surface area contributed by atoms with Gasteiger partial charge in [-0.05, 0) is 30.7 Å². The first-order chi connectivity index (χ1) is 12.7. The lowest BCUT2D eigenvalue weighted by atomic mass is 9.93. The number of hydrogen-bond acceptors (Lipinski definition) is 3. The van der Waals surface area contributed by atoms with Crippen LogP contribution in [0.4, 0.5) is 5.82 Å². The summed E-state index contributed by atoms with van der Waals surface area (Å²) in [6.07, 6.45) is 3.58. The first-order valence-electron chi connectivity index (χ1n) is 8.59. The second-order valence-corrected chi connectivity index (χ2v) is 6.29. The fourth-order valence-corrected chi connectivity index (χ4v) is 3.25. The molecule has 4 nitrogen and oxygen atoms in total. The zero-order valence-corrected chi connectivity index (χ0v) is 14.5. The average Bonchev–Trinajstić information content (AvgIpc) is 2.68. The molecule has 4 aromatic rings. The molecule has 0 radical (unpaired) electrons. The lowest BCUT2D eigenvalue weighted by Crippen LogP contribution is -2.19. The molecule has 0 aliphatic heterocycles. The molecule has 26 heavy (non-hydrogen) atoms. The molecule has 0 spiro atoms. The first-order valence-corrected chi connectivity index (χ1v) is 8.59. The number of nitrogens with zero attached hydrogens (tertiary/aromatic N) is 1. The van der Waals surface area contributed by atoms with Gasteiger partial charge in [0, 0.05) is 28.8 Å². The van der Waals surface area contributed by atoms with Crippen LogP contribution in [-0.4, -0.2) is 10.1 Å². The summed E-state index contributed by atoms with van der Waals surface area (Å²) in [6.45, 7) is 2.08. The zero-order chi connectivity index (χ0) is 17.9. The Labute approximate surface area is 152 Å². The van der Waals surface area contributed by atoms with Crippen molar-refractivity contribution >= 4 is 16.7 Å². The third-order valence-electron chi connectivity index (χ3n) is 4.60. The average molecular weight is 342 g/mol. The van der Waals surface area contributed by atoms with Gasteiger partial charge in [-0.3, -0.25) is 10.3 Å². The number of pyridine rings is 2. The van der Waals surface area contributed by atoms with Gasteiger partial charge in [0.25, 0.3) is 5.82 Å². The van der Waals surface area contributed by atoms with Gasteiger partial charge in [0.15, 0.2) is 0 Å². The molecular weight excluding hydrogens is 322 g/mol. The van der Waals surface area contributed by atoms with Gasteiger partial charge in [0.2, 0.25) is 0 Å². The maximum atomic E-state index is 10.9. The fraction of sp³-hybridized carbons (Fsp3) is 0.0909. The monoisotopic (exact) mass is 342 g/mol. The Kier molecular flexibility index (Phi) is 4.23. The maximum Gasteiger partial charge on any atom is 0.272 e. The number of hydrogen-bond donors (Lipinski definition) is 2. The minimum atomic E-state index is -0.207. The SMILES string of the molecule is Cc1ccccc1[C@@H](Nc1cccc[nH+]1)c1ccc2cccnc2c1O. The van der Waals surface area contributed by atoms with E-state index >= 15 is 0 Å². The normalized spacial score (nSPS) is 12.0. The minimum Gasteiger partial charge on any atom is -0.505 e. The molecular formula is C22H20N3O+. The van der Waals surface area contributed by atoms with Crippen molar-refractivity contribution in [1.29, 1.82) is 0 Å². The van der Waals surface area contributed by atoms with Crippen molar-refractivity contribution in [3.63, 3.8) is 0 Å². The first kappa shape index (κ1) is 16.1. The number of fused-ring (bicyclic) bond motifs is 1. The Hall–Kier alpha value is -3.40. The van der Waals surface area contributed by atoms with Crippen LogP contribution in [0.2, 0.25) is 0 Å². The standard InChI is InChI=1S/C22H19N3O/c1-15-7-2-3-9-17(15)21(25-19-10-4-5-13-23-19)18-12-11-16-8-6-14-24-20(16)22(18)26/h2-14,21,26H,1H3,(H,23,25)/p+1/t21-/m1/s1. The molecule has 0 amide bonds. The number of rotatable bonds is 4. The topological polar surface area (TPSA) is 59.3 Å². The maximum absolute atomic E-state index is 10.9. The highest BCUT2D eigenvalue weighted by Gasteiger charge is 2.25. The Morgan fingerprint density at radius 2 is 1.77 bits per heavy atom. The number of aryl methyl sites for hydroxylation is 1. The quantitative estimate of drug-likeness (QED) is 0.582. The second-order valence-electron chi connectivity index (χ2n) is 6.29. The summed E-state index contributed by atoms with van der Waals surface area (Å²) in [4.78, 5) is 7.57. The number of nitrogens with one attached hydrogen (secondary N) is 2. The minimum absolute atomic E-state index is 0.207. The molecule has 1 atom stereocenters. The Balaban J connectivity index is 1.88. The highest BCUT2D eigenvalue weighted by atomic mass is 16.3.